The van der Waals surface area contributed by atoms with Gasteiger partial charge in [0.1, 0.15) is 0 Å². The molecule has 1 aliphatic carbocycles. The van der Waals surface area contributed by atoms with Crippen molar-refractivity contribution in [3.05, 3.63) is 46.5 Å². The van der Waals surface area contributed by atoms with Crippen molar-refractivity contribution >= 4 is 23.2 Å². The van der Waals surface area contributed by atoms with Crippen LogP contribution in [0.2, 0.25) is 0 Å². The number of amidine groups is 1. The first kappa shape index (κ1) is 24.8. The average Bonchev–Trinajstić information content (AvgIpc) is 2.73. The van der Waals surface area contributed by atoms with Crippen LogP contribution in [0, 0.1) is 31.6 Å². The van der Waals surface area contributed by atoms with E-state index in [0.29, 0.717) is 0 Å². The Bertz CT molecular complexity index is 790. The van der Waals surface area contributed by atoms with Crippen molar-refractivity contribution in [3.63, 3.8) is 0 Å². The molecule has 0 aliphatic heterocycles. The van der Waals surface area contributed by atoms with Gasteiger partial charge in [-0.05, 0) is 99.5 Å². The van der Waals surface area contributed by atoms with Gasteiger partial charge in [0.25, 0.3) is 0 Å². The molecule has 1 aromatic rings. The first-order chi connectivity index (χ1) is 14.3. The zero-order chi connectivity index (χ0) is 22.3. The molecule has 0 radical (unpaired) electrons. The van der Waals surface area contributed by atoms with E-state index >= 15 is 0 Å². The Labute approximate surface area is 189 Å². The molecule has 0 spiro atoms. The molecule has 1 fully saturated rings. The van der Waals surface area contributed by atoms with Crippen LogP contribution in [0.15, 0.2) is 39.7 Å². The number of aliphatic imine (C=N–C) groups is 1. The normalized spacial score (nSPS) is 22.8. The molecule has 166 valence electrons. The molecule has 0 aromatic heterocycles. The lowest BCUT2D eigenvalue weighted by atomic mass is 9.70. The quantitative estimate of drug-likeness (QED) is 0.258. The number of thioether (sulfide) groups is 1. The molecule has 1 aromatic carbocycles. The van der Waals surface area contributed by atoms with Crippen LogP contribution >= 0.6 is 11.8 Å². The third-order valence-electron chi connectivity index (χ3n) is 6.83. The number of aryl methyl sites for hydroxylation is 2. The SMILES string of the molecule is C=C(CC1CCC(CC)C(CC)C1)c1cc(S/C(C)=C/NC(C)=NC)c(C)cc1C. The molecule has 0 saturated heterocycles. The summed E-state index contributed by atoms with van der Waals surface area (Å²) in [5, 5.41) is 3.24. The van der Waals surface area contributed by atoms with Gasteiger partial charge in [0, 0.05) is 23.0 Å². The number of nitrogens with one attached hydrogen (secondary N) is 1. The van der Waals surface area contributed by atoms with E-state index in [1.54, 1.807) is 7.05 Å². The first-order valence-electron chi connectivity index (χ1n) is 11.6. The van der Waals surface area contributed by atoms with E-state index in [1.165, 1.54) is 64.2 Å². The van der Waals surface area contributed by atoms with Gasteiger partial charge in [0.05, 0.1) is 5.84 Å². The van der Waals surface area contributed by atoms with Crippen molar-refractivity contribution in [2.45, 2.75) is 85.0 Å². The summed E-state index contributed by atoms with van der Waals surface area (Å²) < 4.78 is 0. The van der Waals surface area contributed by atoms with Crippen molar-refractivity contribution in [2.75, 3.05) is 7.05 Å². The molecule has 0 heterocycles. The maximum Gasteiger partial charge on any atom is 0.0967 e. The van der Waals surface area contributed by atoms with E-state index in [9.17, 15) is 0 Å². The molecule has 0 bridgehead atoms. The Morgan fingerprint density at radius 1 is 1.13 bits per heavy atom. The number of nitrogens with zero attached hydrogens (tertiary/aromatic N) is 1. The molecule has 3 atom stereocenters. The Morgan fingerprint density at radius 3 is 2.47 bits per heavy atom. The van der Waals surface area contributed by atoms with Crippen LogP contribution in [0.5, 0.6) is 0 Å². The third-order valence-corrected chi connectivity index (χ3v) is 7.93. The van der Waals surface area contributed by atoms with Crippen LogP contribution in [0.25, 0.3) is 5.57 Å². The minimum Gasteiger partial charge on any atom is -0.350 e. The van der Waals surface area contributed by atoms with Gasteiger partial charge in [-0.1, -0.05) is 51.1 Å². The fourth-order valence-corrected chi connectivity index (χ4v) is 5.76. The van der Waals surface area contributed by atoms with Gasteiger partial charge in [0.2, 0.25) is 0 Å². The van der Waals surface area contributed by atoms with Gasteiger partial charge in [0.15, 0.2) is 0 Å². The molecule has 2 nitrogen and oxygen atoms in total. The number of allylic oxidation sites excluding steroid dienone is 2. The molecule has 0 amide bonds. The molecular weight excluding hydrogens is 384 g/mol. The number of hydrogen-bond donors (Lipinski definition) is 1. The number of benzene rings is 1. The summed E-state index contributed by atoms with van der Waals surface area (Å²) in [5.74, 6) is 3.56. The van der Waals surface area contributed by atoms with Crippen LogP contribution in [-0.4, -0.2) is 12.9 Å². The van der Waals surface area contributed by atoms with Gasteiger partial charge in [-0.25, -0.2) is 0 Å². The number of rotatable bonds is 8. The lowest BCUT2D eigenvalue weighted by Gasteiger charge is -2.36. The predicted molar refractivity (Wildman–Crippen MR) is 136 cm³/mol. The van der Waals surface area contributed by atoms with Crippen LogP contribution < -0.4 is 5.32 Å². The zero-order valence-electron chi connectivity index (χ0n) is 20.3. The highest BCUT2D eigenvalue weighted by Crippen LogP contribution is 2.42. The molecule has 1 aliphatic rings. The Balaban J connectivity index is 2.11. The van der Waals surface area contributed by atoms with Gasteiger partial charge >= 0.3 is 0 Å². The topological polar surface area (TPSA) is 24.4 Å². The Kier molecular flexibility index (Phi) is 9.74. The van der Waals surface area contributed by atoms with Crippen LogP contribution in [0.4, 0.5) is 0 Å². The van der Waals surface area contributed by atoms with Crippen molar-refractivity contribution in [2.24, 2.45) is 22.7 Å². The van der Waals surface area contributed by atoms with Crippen molar-refractivity contribution in [1.29, 1.82) is 0 Å². The van der Waals surface area contributed by atoms with E-state index in [2.05, 4.69) is 63.6 Å². The molecule has 3 unspecified atom stereocenters. The fraction of sp³-hybridized carbons (Fsp3) is 0.593. The lowest BCUT2D eigenvalue weighted by molar-refractivity contribution is 0.172. The van der Waals surface area contributed by atoms with Gasteiger partial charge < -0.3 is 5.32 Å². The fourth-order valence-electron chi connectivity index (χ4n) is 4.90. The highest BCUT2D eigenvalue weighted by molar-refractivity contribution is 8.03. The van der Waals surface area contributed by atoms with E-state index in [1.807, 2.05) is 24.9 Å². The summed E-state index contributed by atoms with van der Waals surface area (Å²) in [6.07, 6.45) is 10.0. The Hall–Kier alpha value is -1.48. The summed E-state index contributed by atoms with van der Waals surface area (Å²) in [6, 6.07) is 4.69. The average molecular weight is 427 g/mol. The summed E-state index contributed by atoms with van der Waals surface area (Å²) in [4.78, 5) is 6.70. The Morgan fingerprint density at radius 2 is 1.83 bits per heavy atom. The maximum atomic E-state index is 4.54. The van der Waals surface area contributed by atoms with Gasteiger partial charge in [-0.2, -0.15) is 0 Å². The van der Waals surface area contributed by atoms with Gasteiger partial charge in [-0.3, -0.25) is 4.99 Å². The van der Waals surface area contributed by atoms with E-state index in [0.717, 1.165) is 30.0 Å². The first-order valence-corrected chi connectivity index (χ1v) is 12.4. The summed E-state index contributed by atoms with van der Waals surface area (Å²) in [6.45, 7) is 17.8. The largest absolute Gasteiger partial charge is 0.350 e. The third kappa shape index (κ3) is 6.77. The van der Waals surface area contributed by atoms with Crippen molar-refractivity contribution < 1.29 is 0 Å². The minimum atomic E-state index is 0.796. The second-order valence-electron chi connectivity index (χ2n) is 9.07. The molecular formula is C27H42N2S. The predicted octanol–water partition coefficient (Wildman–Crippen LogP) is 8.15. The van der Waals surface area contributed by atoms with E-state index in [-0.39, 0.29) is 0 Å². The van der Waals surface area contributed by atoms with Gasteiger partial charge in [-0.15, -0.1) is 0 Å². The second kappa shape index (κ2) is 11.8. The van der Waals surface area contributed by atoms with Crippen molar-refractivity contribution in [3.8, 4) is 0 Å². The number of hydrogen-bond acceptors (Lipinski definition) is 2. The summed E-state index contributed by atoms with van der Waals surface area (Å²) in [5.41, 5.74) is 5.35. The monoisotopic (exact) mass is 426 g/mol. The van der Waals surface area contributed by atoms with Crippen LogP contribution in [0.1, 0.15) is 82.9 Å². The zero-order valence-corrected chi connectivity index (χ0v) is 21.1. The van der Waals surface area contributed by atoms with Crippen LogP contribution in [-0.2, 0) is 0 Å². The molecule has 2 rings (SSSR count). The van der Waals surface area contributed by atoms with E-state index < -0.39 is 0 Å². The van der Waals surface area contributed by atoms with Crippen LogP contribution in [0.3, 0.4) is 0 Å². The molecule has 3 heteroatoms. The molecule has 1 N–H and O–H groups in total. The maximum absolute atomic E-state index is 4.54. The highest BCUT2D eigenvalue weighted by atomic mass is 32.2. The molecule has 30 heavy (non-hydrogen) atoms. The highest BCUT2D eigenvalue weighted by Gasteiger charge is 2.28. The lowest BCUT2D eigenvalue weighted by Crippen LogP contribution is -2.24. The smallest absolute Gasteiger partial charge is 0.0967 e. The van der Waals surface area contributed by atoms with E-state index in [4.69, 9.17) is 0 Å². The van der Waals surface area contributed by atoms with Crippen molar-refractivity contribution in [1.82, 2.24) is 5.32 Å². The standard InChI is InChI=1S/C27H42N2S/c1-9-24-12-11-23(15-25(24)10-2)14-19(4)26-16-27(20(5)13-18(26)3)30-21(6)17-29-22(7)28-8/h13,16-17,23-25H,4,9-12,14-15H2,1-3,5-8H3,(H,28,29)/b21-17+. The minimum absolute atomic E-state index is 0.796. The molecule has 1 saturated carbocycles. The second-order valence-corrected chi connectivity index (χ2v) is 10.4. The summed E-state index contributed by atoms with van der Waals surface area (Å²) in [7, 11) is 1.80. The summed E-state index contributed by atoms with van der Waals surface area (Å²) >= 11 is 1.82.